The van der Waals surface area contributed by atoms with Crippen LogP contribution < -0.4 is 5.32 Å². The lowest BCUT2D eigenvalue weighted by Crippen LogP contribution is -2.42. The van der Waals surface area contributed by atoms with E-state index in [1.807, 2.05) is 38.1 Å². The van der Waals surface area contributed by atoms with Crippen molar-refractivity contribution < 1.29 is 9.59 Å². The third-order valence-electron chi connectivity index (χ3n) is 3.49. The Morgan fingerprint density at radius 2 is 1.96 bits per heavy atom. The second kappa shape index (κ2) is 7.87. The fraction of sp³-hybridized carbons (Fsp3) is 0.353. The number of aromatic nitrogens is 1. The minimum Gasteiger partial charge on any atom is -0.327 e. The molecule has 1 heterocycles. The standard InChI is InChI=1S/C17H21N3O2S/c1-4-13-5-7-14(8-6-13)16(22)20(12(2)3)11-15(21)19-17-18-9-10-23-17/h5-10,12H,4,11H2,1-3H3,(H,18,19,21). The number of nitrogens with one attached hydrogen (secondary N) is 1. The van der Waals surface area contributed by atoms with Crippen molar-refractivity contribution >= 4 is 28.3 Å². The quantitative estimate of drug-likeness (QED) is 0.884. The van der Waals surface area contributed by atoms with Crippen molar-refractivity contribution in [1.29, 1.82) is 0 Å². The first-order valence-electron chi connectivity index (χ1n) is 7.60. The molecule has 0 bridgehead atoms. The summed E-state index contributed by atoms with van der Waals surface area (Å²) in [4.78, 5) is 30.4. The molecule has 2 aromatic rings. The van der Waals surface area contributed by atoms with E-state index in [2.05, 4.69) is 17.2 Å². The molecule has 0 aliphatic rings. The molecule has 0 saturated heterocycles. The Bertz CT molecular complexity index is 651. The lowest BCUT2D eigenvalue weighted by molar-refractivity contribution is -0.117. The second-order valence-electron chi connectivity index (χ2n) is 5.46. The van der Waals surface area contributed by atoms with E-state index in [1.54, 1.807) is 16.5 Å². The van der Waals surface area contributed by atoms with Crippen LogP contribution in [0.4, 0.5) is 5.13 Å². The summed E-state index contributed by atoms with van der Waals surface area (Å²) in [6.45, 7) is 5.87. The Hall–Kier alpha value is -2.21. The summed E-state index contributed by atoms with van der Waals surface area (Å²) < 4.78 is 0. The summed E-state index contributed by atoms with van der Waals surface area (Å²) in [5.74, 6) is -0.385. The molecule has 1 aromatic carbocycles. The average molecular weight is 331 g/mol. The predicted molar refractivity (Wildman–Crippen MR) is 92.7 cm³/mol. The molecule has 1 N–H and O–H groups in total. The van der Waals surface area contributed by atoms with Crippen molar-refractivity contribution in [3.8, 4) is 0 Å². The van der Waals surface area contributed by atoms with Crippen molar-refractivity contribution in [2.75, 3.05) is 11.9 Å². The van der Waals surface area contributed by atoms with Gasteiger partial charge < -0.3 is 10.2 Å². The first-order valence-corrected chi connectivity index (χ1v) is 8.48. The van der Waals surface area contributed by atoms with E-state index in [9.17, 15) is 9.59 Å². The zero-order chi connectivity index (χ0) is 16.8. The zero-order valence-corrected chi connectivity index (χ0v) is 14.4. The number of carbonyl (C=O) groups is 2. The summed E-state index contributed by atoms with van der Waals surface area (Å²) in [5.41, 5.74) is 1.78. The number of nitrogens with zero attached hydrogens (tertiary/aromatic N) is 2. The van der Waals surface area contributed by atoms with E-state index in [-0.39, 0.29) is 24.4 Å². The maximum Gasteiger partial charge on any atom is 0.254 e. The van der Waals surface area contributed by atoms with Crippen LogP contribution in [0, 0.1) is 0 Å². The van der Waals surface area contributed by atoms with Gasteiger partial charge in [0.05, 0.1) is 0 Å². The molecule has 0 saturated carbocycles. The fourth-order valence-electron chi connectivity index (χ4n) is 2.14. The number of carbonyl (C=O) groups excluding carboxylic acids is 2. The molecule has 0 unspecified atom stereocenters. The van der Waals surface area contributed by atoms with E-state index in [0.29, 0.717) is 10.7 Å². The molecule has 0 fully saturated rings. The molecule has 5 nitrogen and oxygen atoms in total. The van der Waals surface area contributed by atoms with E-state index >= 15 is 0 Å². The first kappa shape index (κ1) is 17.1. The largest absolute Gasteiger partial charge is 0.327 e. The molecule has 1 aromatic heterocycles. The van der Waals surface area contributed by atoms with Gasteiger partial charge in [0.15, 0.2) is 5.13 Å². The highest BCUT2D eigenvalue weighted by molar-refractivity contribution is 7.13. The van der Waals surface area contributed by atoms with Crippen molar-refractivity contribution in [3.63, 3.8) is 0 Å². The highest BCUT2D eigenvalue weighted by Crippen LogP contribution is 2.13. The van der Waals surface area contributed by atoms with Crippen molar-refractivity contribution in [2.24, 2.45) is 0 Å². The van der Waals surface area contributed by atoms with Crippen molar-refractivity contribution in [3.05, 3.63) is 47.0 Å². The van der Waals surface area contributed by atoms with Crippen LogP contribution in [-0.2, 0) is 11.2 Å². The lowest BCUT2D eigenvalue weighted by atomic mass is 10.1. The topological polar surface area (TPSA) is 62.3 Å². The molecule has 2 amide bonds. The van der Waals surface area contributed by atoms with Crippen LogP contribution in [0.25, 0.3) is 0 Å². The van der Waals surface area contributed by atoms with Crippen LogP contribution in [0.1, 0.15) is 36.7 Å². The molecular weight excluding hydrogens is 310 g/mol. The number of amides is 2. The minimum atomic E-state index is -0.243. The second-order valence-corrected chi connectivity index (χ2v) is 6.36. The molecule has 122 valence electrons. The molecule has 0 aliphatic carbocycles. The van der Waals surface area contributed by atoms with Gasteiger partial charge in [-0.25, -0.2) is 4.98 Å². The predicted octanol–water partition coefficient (Wildman–Crippen LogP) is 3.19. The maximum absolute atomic E-state index is 12.7. The number of hydrogen-bond acceptors (Lipinski definition) is 4. The summed E-state index contributed by atoms with van der Waals surface area (Å²) >= 11 is 1.35. The van der Waals surface area contributed by atoms with Crippen LogP contribution in [0.15, 0.2) is 35.8 Å². The Morgan fingerprint density at radius 1 is 1.26 bits per heavy atom. The molecule has 0 radical (unpaired) electrons. The number of anilines is 1. The minimum absolute atomic E-state index is 0.00556. The Morgan fingerprint density at radius 3 is 2.48 bits per heavy atom. The number of aryl methyl sites for hydroxylation is 1. The molecule has 0 spiro atoms. The normalized spacial score (nSPS) is 10.6. The fourth-order valence-corrected chi connectivity index (χ4v) is 2.68. The average Bonchev–Trinajstić information content (AvgIpc) is 3.04. The highest BCUT2D eigenvalue weighted by atomic mass is 32.1. The first-order chi connectivity index (χ1) is 11.0. The molecule has 6 heteroatoms. The molecule has 0 aliphatic heterocycles. The van der Waals surface area contributed by atoms with Crippen molar-refractivity contribution in [1.82, 2.24) is 9.88 Å². The zero-order valence-electron chi connectivity index (χ0n) is 13.6. The third kappa shape index (κ3) is 4.63. The smallest absolute Gasteiger partial charge is 0.254 e. The van der Waals surface area contributed by atoms with E-state index < -0.39 is 0 Å². The van der Waals surface area contributed by atoms with E-state index in [4.69, 9.17) is 0 Å². The molecule has 2 rings (SSSR count). The summed E-state index contributed by atoms with van der Waals surface area (Å²) in [7, 11) is 0. The SMILES string of the molecule is CCc1ccc(C(=O)N(CC(=O)Nc2nccs2)C(C)C)cc1. The summed E-state index contributed by atoms with van der Waals surface area (Å²) in [6, 6.07) is 7.45. The van der Waals surface area contributed by atoms with Crippen LogP contribution in [0.2, 0.25) is 0 Å². The Labute approximate surface area is 140 Å². The van der Waals surface area contributed by atoms with E-state index in [0.717, 1.165) is 6.42 Å². The highest BCUT2D eigenvalue weighted by Gasteiger charge is 2.21. The van der Waals surface area contributed by atoms with Gasteiger partial charge in [-0.15, -0.1) is 11.3 Å². The van der Waals surface area contributed by atoms with Crippen LogP contribution >= 0.6 is 11.3 Å². The summed E-state index contributed by atoms with van der Waals surface area (Å²) in [6.07, 6.45) is 2.56. The monoisotopic (exact) mass is 331 g/mol. The Balaban J connectivity index is 2.07. The van der Waals surface area contributed by atoms with Gasteiger partial charge in [0, 0.05) is 23.2 Å². The number of rotatable bonds is 6. The third-order valence-corrected chi connectivity index (χ3v) is 4.17. The van der Waals surface area contributed by atoms with Gasteiger partial charge in [-0.3, -0.25) is 9.59 Å². The molecular formula is C17H21N3O2S. The van der Waals surface area contributed by atoms with Crippen LogP contribution in [0.5, 0.6) is 0 Å². The molecule has 0 atom stereocenters. The van der Waals surface area contributed by atoms with Gasteiger partial charge >= 0.3 is 0 Å². The van der Waals surface area contributed by atoms with Gasteiger partial charge in [0.25, 0.3) is 5.91 Å². The van der Waals surface area contributed by atoms with Gasteiger partial charge in [0.1, 0.15) is 6.54 Å². The van der Waals surface area contributed by atoms with Gasteiger partial charge in [0.2, 0.25) is 5.91 Å². The van der Waals surface area contributed by atoms with Crippen LogP contribution in [0.3, 0.4) is 0 Å². The summed E-state index contributed by atoms with van der Waals surface area (Å²) in [5, 5.41) is 5.03. The van der Waals surface area contributed by atoms with Gasteiger partial charge in [-0.1, -0.05) is 19.1 Å². The Kier molecular flexibility index (Phi) is 5.87. The molecule has 23 heavy (non-hydrogen) atoms. The van der Waals surface area contributed by atoms with Gasteiger partial charge in [-0.05, 0) is 38.0 Å². The van der Waals surface area contributed by atoms with Crippen molar-refractivity contribution in [2.45, 2.75) is 33.2 Å². The lowest BCUT2D eigenvalue weighted by Gasteiger charge is -2.26. The number of hydrogen-bond donors (Lipinski definition) is 1. The van der Waals surface area contributed by atoms with Gasteiger partial charge in [-0.2, -0.15) is 0 Å². The number of thiazole rings is 1. The maximum atomic E-state index is 12.7. The van der Waals surface area contributed by atoms with Crippen LogP contribution in [-0.4, -0.2) is 34.3 Å². The van der Waals surface area contributed by atoms with E-state index in [1.165, 1.54) is 16.9 Å². The number of benzene rings is 1.